The molecule has 1 amide bonds. The van der Waals surface area contributed by atoms with Gasteiger partial charge in [0, 0.05) is 19.2 Å². The first-order valence-corrected chi connectivity index (χ1v) is 9.31. The summed E-state index contributed by atoms with van der Waals surface area (Å²) in [4.78, 5) is 18.3. The summed E-state index contributed by atoms with van der Waals surface area (Å²) >= 11 is 0. The molecule has 0 atom stereocenters. The van der Waals surface area contributed by atoms with Gasteiger partial charge in [-0.1, -0.05) is 12.1 Å². The summed E-state index contributed by atoms with van der Waals surface area (Å²) < 4.78 is 29.7. The normalized spacial score (nSPS) is 11.3. The number of amides is 1. The molecule has 0 unspecified atom stereocenters. The van der Waals surface area contributed by atoms with E-state index in [0.29, 0.717) is 24.5 Å². The van der Waals surface area contributed by atoms with E-state index in [-0.39, 0.29) is 17.7 Å². The number of ether oxygens (including phenoxy) is 3. The van der Waals surface area contributed by atoms with Gasteiger partial charge in [0.05, 0.1) is 20.3 Å². The largest absolute Gasteiger partial charge is 0.493 e. The molecule has 2 rings (SSSR count). The minimum Gasteiger partial charge on any atom is -0.493 e. The van der Waals surface area contributed by atoms with Gasteiger partial charge in [-0.25, -0.2) is 4.39 Å². The smallest absolute Gasteiger partial charge is 0.295 e. The second-order valence-electron chi connectivity index (χ2n) is 6.74. The van der Waals surface area contributed by atoms with Gasteiger partial charge in [-0.05, 0) is 56.2 Å². The molecule has 0 heterocycles. The first-order valence-electron chi connectivity index (χ1n) is 9.31. The van der Waals surface area contributed by atoms with Gasteiger partial charge in [0.15, 0.2) is 11.5 Å². The fourth-order valence-electron chi connectivity index (χ4n) is 2.61. The third-order valence-corrected chi connectivity index (χ3v) is 4.12. The second kappa shape index (κ2) is 10.5. The Balaban J connectivity index is 2.14. The van der Waals surface area contributed by atoms with Crippen LogP contribution in [0.1, 0.15) is 29.8 Å². The predicted octanol–water partition coefficient (Wildman–Crippen LogP) is 3.94. The average molecular weight is 402 g/mol. The number of aliphatic imine (C=N–C) groups is 1. The topological polar surface area (TPSA) is 60.4 Å². The Morgan fingerprint density at radius 2 is 1.83 bits per heavy atom. The van der Waals surface area contributed by atoms with Crippen molar-refractivity contribution in [1.82, 2.24) is 4.90 Å². The number of carbonyl (C=O) groups is 1. The van der Waals surface area contributed by atoms with Crippen LogP contribution in [0.5, 0.6) is 11.5 Å². The zero-order valence-corrected chi connectivity index (χ0v) is 17.4. The Hall–Kier alpha value is -3.09. The van der Waals surface area contributed by atoms with Crippen LogP contribution in [0, 0.1) is 5.82 Å². The van der Waals surface area contributed by atoms with Crippen molar-refractivity contribution in [3.63, 3.8) is 0 Å². The molecule has 156 valence electrons. The van der Waals surface area contributed by atoms with Gasteiger partial charge in [-0.2, -0.15) is 4.99 Å². The van der Waals surface area contributed by atoms with E-state index in [1.165, 1.54) is 18.2 Å². The molecule has 0 saturated carbocycles. The van der Waals surface area contributed by atoms with Gasteiger partial charge < -0.3 is 19.1 Å². The number of hydrogen-bond donors (Lipinski definition) is 0. The Bertz CT molecular complexity index is 868. The van der Waals surface area contributed by atoms with Gasteiger partial charge in [-0.3, -0.25) is 4.79 Å². The number of halogens is 1. The van der Waals surface area contributed by atoms with Gasteiger partial charge >= 0.3 is 0 Å². The average Bonchev–Trinajstić information content (AvgIpc) is 2.70. The lowest BCUT2D eigenvalue weighted by Crippen LogP contribution is -2.33. The number of carbonyl (C=O) groups excluding carboxylic acids is 1. The molecule has 0 spiro atoms. The fraction of sp³-hybridized carbons (Fsp3) is 0.364. The van der Waals surface area contributed by atoms with Crippen LogP contribution in [0.15, 0.2) is 47.5 Å². The lowest BCUT2D eigenvalue weighted by Gasteiger charge is -2.23. The van der Waals surface area contributed by atoms with Crippen molar-refractivity contribution in [2.24, 2.45) is 4.99 Å². The van der Waals surface area contributed by atoms with E-state index in [1.807, 2.05) is 32.0 Å². The first-order chi connectivity index (χ1) is 13.8. The third-order valence-electron chi connectivity index (χ3n) is 4.12. The van der Waals surface area contributed by atoms with Crippen LogP contribution in [0.4, 0.5) is 4.39 Å². The quantitative estimate of drug-likeness (QED) is 0.519. The summed E-state index contributed by atoms with van der Waals surface area (Å²) in [5, 5.41) is 0. The second-order valence-corrected chi connectivity index (χ2v) is 6.74. The highest BCUT2D eigenvalue weighted by atomic mass is 19.1. The molecule has 6 nitrogen and oxygen atoms in total. The molecule has 0 N–H and O–H groups in total. The standard InChI is InChI=1S/C22H27FN2O4/c1-15(2)29-22(24-21(26)17-7-6-8-18(23)14-17)25(3)12-11-16-9-10-19(27-4)20(13-16)28-5/h6-10,13-15H,11-12H2,1-5H3. The molecule has 0 aliphatic rings. The summed E-state index contributed by atoms with van der Waals surface area (Å²) in [7, 11) is 4.97. The highest BCUT2D eigenvalue weighted by molar-refractivity contribution is 6.01. The molecular weight excluding hydrogens is 375 g/mol. The van der Waals surface area contributed by atoms with E-state index in [2.05, 4.69) is 4.99 Å². The van der Waals surface area contributed by atoms with Gasteiger partial charge in [0.1, 0.15) is 5.82 Å². The molecule has 0 saturated heterocycles. The molecule has 0 bridgehead atoms. The number of amidine groups is 1. The molecule has 0 fully saturated rings. The van der Waals surface area contributed by atoms with Crippen LogP contribution >= 0.6 is 0 Å². The number of likely N-dealkylation sites (N-methyl/N-ethyl adjacent to an activating group) is 1. The van der Waals surface area contributed by atoms with E-state index in [1.54, 1.807) is 26.2 Å². The number of nitrogens with zero attached hydrogens (tertiary/aromatic N) is 2. The van der Waals surface area contributed by atoms with Crippen LogP contribution in [0.3, 0.4) is 0 Å². The highest BCUT2D eigenvalue weighted by Gasteiger charge is 2.15. The summed E-state index contributed by atoms with van der Waals surface area (Å²) in [6.07, 6.45) is 0.503. The molecule has 2 aromatic carbocycles. The van der Waals surface area contributed by atoms with Gasteiger partial charge in [0.2, 0.25) is 0 Å². The molecule has 0 aliphatic carbocycles. The predicted molar refractivity (Wildman–Crippen MR) is 110 cm³/mol. The highest BCUT2D eigenvalue weighted by Crippen LogP contribution is 2.27. The van der Waals surface area contributed by atoms with E-state index in [4.69, 9.17) is 14.2 Å². The summed E-state index contributed by atoms with van der Waals surface area (Å²) in [6, 6.07) is 11.3. The number of methoxy groups -OCH3 is 2. The Kier molecular flexibility index (Phi) is 8.00. The summed E-state index contributed by atoms with van der Waals surface area (Å²) in [6.45, 7) is 4.26. The van der Waals surface area contributed by atoms with Crippen LogP contribution in [0.2, 0.25) is 0 Å². The van der Waals surface area contributed by atoms with Crippen LogP contribution in [-0.4, -0.2) is 50.7 Å². The van der Waals surface area contributed by atoms with Crippen LogP contribution in [-0.2, 0) is 11.2 Å². The Morgan fingerprint density at radius 3 is 2.45 bits per heavy atom. The van der Waals surface area contributed by atoms with Crippen molar-refractivity contribution in [2.45, 2.75) is 26.4 Å². The number of benzene rings is 2. The molecular formula is C22H27FN2O4. The Morgan fingerprint density at radius 1 is 1.10 bits per heavy atom. The molecule has 7 heteroatoms. The molecule has 0 aliphatic heterocycles. The fourth-order valence-corrected chi connectivity index (χ4v) is 2.61. The zero-order valence-electron chi connectivity index (χ0n) is 17.4. The van der Waals surface area contributed by atoms with Crippen molar-refractivity contribution < 1.29 is 23.4 Å². The van der Waals surface area contributed by atoms with Crippen molar-refractivity contribution in [3.05, 3.63) is 59.4 Å². The van der Waals surface area contributed by atoms with Crippen molar-refractivity contribution in [3.8, 4) is 11.5 Å². The summed E-state index contributed by atoms with van der Waals surface area (Å²) in [5.41, 5.74) is 1.21. The SMILES string of the molecule is COc1ccc(CCN(C)C(=NC(=O)c2cccc(F)c2)OC(C)C)cc1OC. The lowest BCUT2D eigenvalue weighted by molar-refractivity contribution is 0.0989. The molecule has 2 aromatic rings. The molecule has 0 radical (unpaired) electrons. The van der Waals surface area contributed by atoms with Crippen molar-refractivity contribution in [2.75, 3.05) is 27.8 Å². The zero-order chi connectivity index (χ0) is 21.4. The van der Waals surface area contributed by atoms with E-state index < -0.39 is 11.7 Å². The molecule has 0 aromatic heterocycles. The Labute approximate surface area is 170 Å². The third kappa shape index (κ3) is 6.48. The van der Waals surface area contributed by atoms with Gasteiger partial charge in [0.25, 0.3) is 11.9 Å². The maximum Gasteiger partial charge on any atom is 0.295 e. The first kappa shape index (κ1) is 22.2. The molecule has 29 heavy (non-hydrogen) atoms. The van der Waals surface area contributed by atoms with Crippen LogP contribution in [0.25, 0.3) is 0 Å². The van der Waals surface area contributed by atoms with Crippen molar-refractivity contribution >= 4 is 11.9 Å². The lowest BCUT2D eigenvalue weighted by atomic mass is 10.1. The van der Waals surface area contributed by atoms with Gasteiger partial charge in [-0.15, -0.1) is 0 Å². The minimum absolute atomic E-state index is 0.169. The van der Waals surface area contributed by atoms with E-state index >= 15 is 0 Å². The number of rotatable bonds is 7. The van der Waals surface area contributed by atoms with E-state index in [0.717, 1.165) is 11.6 Å². The maximum absolute atomic E-state index is 13.4. The van der Waals surface area contributed by atoms with Crippen LogP contribution < -0.4 is 9.47 Å². The number of hydrogen-bond acceptors (Lipinski definition) is 4. The summed E-state index contributed by atoms with van der Waals surface area (Å²) in [5.74, 6) is 0.272. The minimum atomic E-state index is -0.557. The maximum atomic E-state index is 13.4. The van der Waals surface area contributed by atoms with E-state index in [9.17, 15) is 9.18 Å². The monoisotopic (exact) mass is 402 g/mol. The van der Waals surface area contributed by atoms with Crippen molar-refractivity contribution in [1.29, 1.82) is 0 Å².